The van der Waals surface area contributed by atoms with Crippen LogP contribution in [0, 0.1) is 0 Å². The summed E-state index contributed by atoms with van der Waals surface area (Å²) in [6.45, 7) is -3.35. The summed E-state index contributed by atoms with van der Waals surface area (Å²) in [6.07, 6.45) is 1.22. The normalized spacial score (nSPS) is 24.3. The van der Waals surface area contributed by atoms with Gasteiger partial charge in [-0.2, -0.15) is 0 Å². The highest BCUT2D eigenvalue weighted by Gasteiger charge is 2.34. The average Bonchev–Trinajstić information content (AvgIpc) is 2.64. The van der Waals surface area contributed by atoms with Crippen molar-refractivity contribution in [1.29, 1.82) is 0 Å². The number of allylic oxidation sites excluding steroid dienone is 2. The molecule has 0 aromatic rings. The third-order valence-corrected chi connectivity index (χ3v) is 3.69. The van der Waals surface area contributed by atoms with E-state index in [-0.39, 0.29) is 32.3 Å². The number of hydrogen-bond acceptors (Lipinski definition) is 5. The van der Waals surface area contributed by atoms with Gasteiger partial charge in [-0.15, -0.1) is 0 Å². The van der Waals surface area contributed by atoms with E-state index in [1.165, 1.54) is 0 Å². The van der Waals surface area contributed by atoms with Crippen LogP contribution in [-0.2, 0) is 19.1 Å². The third kappa shape index (κ3) is 5.48. The lowest BCUT2D eigenvalue weighted by molar-refractivity contribution is -0.121. The minimum Gasteiger partial charge on any atom is -0.489 e. The Bertz CT molecular complexity index is 836. The molecule has 0 aromatic carbocycles. The fourth-order valence-corrected chi connectivity index (χ4v) is 2.42. The summed E-state index contributed by atoms with van der Waals surface area (Å²) >= 11 is 0. The van der Waals surface area contributed by atoms with Crippen LogP contribution in [0.25, 0.3) is 0 Å². The number of ether oxygens (including phenoxy) is 2. The second-order valence-corrected chi connectivity index (χ2v) is 5.37. The van der Waals surface area contributed by atoms with Crippen LogP contribution >= 0.6 is 0 Å². The maximum Gasteiger partial charge on any atom is 0.228 e. The number of methoxy groups -OCH3 is 2. The van der Waals surface area contributed by atoms with Crippen LogP contribution in [0.3, 0.4) is 0 Å². The lowest BCUT2D eigenvalue weighted by atomic mass is 9.89. The smallest absolute Gasteiger partial charge is 0.228 e. The molecule has 0 saturated heterocycles. The Balaban J connectivity index is 3.04. The van der Waals surface area contributed by atoms with Crippen molar-refractivity contribution in [3.8, 4) is 0 Å². The minimum absolute atomic E-state index is 0.0385. The van der Waals surface area contributed by atoms with E-state index in [9.17, 15) is 9.59 Å². The highest BCUT2D eigenvalue weighted by molar-refractivity contribution is 6.23. The van der Waals surface area contributed by atoms with Gasteiger partial charge in [-0.1, -0.05) is 38.5 Å². The van der Waals surface area contributed by atoms with Gasteiger partial charge >= 0.3 is 0 Å². The minimum atomic E-state index is -3.28. The summed E-state index contributed by atoms with van der Waals surface area (Å²) in [4.78, 5) is 25.9. The molecule has 1 rings (SSSR count). The van der Waals surface area contributed by atoms with E-state index in [1.807, 2.05) is 0 Å². The van der Waals surface area contributed by atoms with Crippen molar-refractivity contribution < 1.29 is 39.2 Å². The number of ketones is 2. The van der Waals surface area contributed by atoms with E-state index in [0.717, 1.165) is 0 Å². The second-order valence-electron chi connectivity index (χ2n) is 5.37. The first-order chi connectivity index (χ1) is 15.8. The van der Waals surface area contributed by atoms with Gasteiger partial charge in [-0.3, -0.25) is 9.59 Å². The Kier molecular flexibility index (Phi) is 4.22. The van der Waals surface area contributed by atoms with Crippen LogP contribution in [-0.4, -0.2) is 37.4 Å². The Hall–Kier alpha value is -1.62. The van der Waals surface area contributed by atoms with Gasteiger partial charge in [-0.05, 0) is 26.1 Å². The maximum atomic E-state index is 13.0. The van der Waals surface area contributed by atoms with Crippen LogP contribution in [0.1, 0.15) is 79.7 Å². The molecule has 0 aromatic heterocycles. The van der Waals surface area contributed by atoms with Crippen LogP contribution in [0.15, 0.2) is 22.7 Å². The first-order valence-electron chi connectivity index (χ1n) is 13.4. The maximum absolute atomic E-state index is 13.0. The van der Waals surface area contributed by atoms with E-state index >= 15 is 0 Å². The topological polar surface area (TPSA) is 72.8 Å². The summed E-state index contributed by atoms with van der Waals surface area (Å²) in [5.41, 5.74) is -1.41. The fourth-order valence-electron chi connectivity index (χ4n) is 2.42. The van der Waals surface area contributed by atoms with Crippen molar-refractivity contribution in [1.82, 2.24) is 0 Å². The van der Waals surface area contributed by atoms with Crippen molar-refractivity contribution in [2.75, 3.05) is 20.7 Å². The molecule has 0 unspecified atom stereocenters. The molecule has 5 nitrogen and oxygen atoms in total. The standard InChI is InChI=1S/C19H30O5/c1-14-15(12-10-8-6-4-5-7-9-11-13-20)17(22)19(24-3)18(23-2)16(14)21/h20H,4-13H2,1-3H3/i1D3,2D3,3D3,9D2. The second kappa shape index (κ2) is 11.0. The Morgan fingerprint density at radius 2 is 1.54 bits per heavy atom. The molecule has 0 heterocycles. The number of hydrogen-bond donors (Lipinski definition) is 1. The van der Waals surface area contributed by atoms with E-state index in [1.54, 1.807) is 0 Å². The summed E-state index contributed by atoms with van der Waals surface area (Å²) in [5, 5.41) is 8.86. The number of aliphatic hydroxyl groups excluding tert-OH is 1. The molecule has 1 N–H and O–H groups in total. The Morgan fingerprint density at radius 3 is 2.17 bits per heavy atom. The molecule has 0 bridgehead atoms. The summed E-state index contributed by atoms with van der Waals surface area (Å²) in [6, 6.07) is 0. The number of carbonyl (C=O) groups excluding carboxylic acids is 2. The number of carbonyl (C=O) groups is 2. The molecule has 0 amide bonds. The lowest BCUT2D eigenvalue weighted by Gasteiger charge is -2.20. The van der Waals surface area contributed by atoms with E-state index in [4.69, 9.17) is 20.2 Å². The van der Waals surface area contributed by atoms with E-state index in [2.05, 4.69) is 9.47 Å². The molecule has 0 spiro atoms. The quantitative estimate of drug-likeness (QED) is 0.431. The van der Waals surface area contributed by atoms with Gasteiger partial charge < -0.3 is 14.6 Å². The predicted octanol–water partition coefficient (Wildman–Crippen LogP) is 3.46. The molecule has 24 heavy (non-hydrogen) atoms. The van der Waals surface area contributed by atoms with Crippen molar-refractivity contribution in [3.63, 3.8) is 0 Å². The van der Waals surface area contributed by atoms with Crippen LogP contribution in [0.4, 0.5) is 0 Å². The SMILES string of the molecule is [2H]C([2H])(CCO)CCCCCCCC1=C(C([2H])([2H])[2H])C(=O)C(OC([2H])([2H])[2H])=C(OC([2H])([2H])[2H])C1=O. The summed E-state index contributed by atoms with van der Waals surface area (Å²) < 4.78 is 90.9. The first-order valence-corrected chi connectivity index (χ1v) is 7.85. The zero-order valence-electron chi connectivity index (χ0n) is 24.4. The molecular formula is C19H30O5. The Labute approximate surface area is 160 Å². The van der Waals surface area contributed by atoms with E-state index in [0.29, 0.717) is 25.7 Å². The van der Waals surface area contributed by atoms with Crippen molar-refractivity contribution in [3.05, 3.63) is 22.7 Å². The molecule has 0 aliphatic heterocycles. The van der Waals surface area contributed by atoms with Gasteiger partial charge in [-0.25, -0.2) is 0 Å². The number of unbranched alkanes of at least 4 members (excludes halogenated alkanes) is 4. The van der Waals surface area contributed by atoms with Crippen LogP contribution in [0.2, 0.25) is 0 Å². The monoisotopic (exact) mass is 349 g/mol. The van der Waals surface area contributed by atoms with Crippen molar-refractivity contribution >= 4 is 11.6 Å². The molecule has 0 fully saturated rings. The van der Waals surface area contributed by atoms with Gasteiger partial charge in [0.15, 0.2) is 0 Å². The summed E-state index contributed by atoms with van der Waals surface area (Å²) in [5.74, 6) is -5.12. The molecule has 136 valence electrons. The predicted molar refractivity (Wildman–Crippen MR) is 92.4 cm³/mol. The molecule has 0 saturated carbocycles. The van der Waals surface area contributed by atoms with Gasteiger partial charge in [0.25, 0.3) is 0 Å². The van der Waals surface area contributed by atoms with Gasteiger partial charge in [0, 0.05) is 24.6 Å². The highest BCUT2D eigenvalue weighted by Crippen LogP contribution is 2.28. The average molecular weight is 350 g/mol. The largest absolute Gasteiger partial charge is 0.489 e. The third-order valence-electron chi connectivity index (χ3n) is 3.69. The fraction of sp³-hybridized carbons (Fsp3) is 0.684. The van der Waals surface area contributed by atoms with Crippen LogP contribution in [0.5, 0.6) is 0 Å². The number of aliphatic hydroxyl groups is 1. The van der Waals surface area contributed by atoms with Crippen molar-refractivity contribution in [2.24, 2.45) is 0 Å². The first kappa shape index (κ1) is 9.18. The lowest BCUT2D eigenvalue weighted by Crippen LogP contribution is -2.25. The molecule has 1 aliphatic carbocycles. The molecule has 1 aliphatic rings. The zero-order chi connectivity index (χ0) is 27.2. The zero-order valence-corrected chi connectivity index (χ0v) is 13.4. The number of Topliss-reactive ketones (excluding diaryl/α,β-unsaturated/α-hetero) is 2. The number of rotatable bonds is 12. The van der Waals surface area contributed by atoms with Gasteiger partial charge in [0.05, 0.1) is 22.3 Å². The Morgan fingerprint density at radius 1 is 0.917 bits per heavy atom. The van der Waals surface area contributed by atoms with Crippen molar-refractivity contribution in [2.45, 2.75) is 64.6 Å². The highest BCUT2D eigenvalue weighted by atomic mass is 16.5. The molecule has 0 radical (unpaired) electrons. The summed E-state index contributed by atoms with van der Waals surface area (Å²) in [7, 11) is -6.52. The van der Waals surface area contributed by atoms with Gasteiger partial charge in [0.2, 0.25) is 23.1 Å². The van der Waals surface area contributed by atoms with E-state index < -0.39 is 61.5 Å². The molecule has 0 atom stereocenters. The molecular weight excluding hydrogens is 308 g/mol. The van der Waals surface area contributed by atoms with Crippen LogP contribution < -0.4 is 0 Å². The molecule has 5 heteroatoms. The van der Waals surface area contributed by atoms with Gasteiger partial charge in [0.1, 0.15) is 0 Å².